The summed E-state index contributed by atoms with van der Waals surface area (Å²) in [7, 11) is 0. The van der Waals surface area contributed by atoms with Crippen molar-refractivity contribution >= 4 is 44.6 Å². The van der Waals surface area contributed by atoms with E-state index >= 15 is 0 Å². The lowest BCUT2D eigenvalue weighted by molar-refractivity contribution is -0.0190. The van der Waals surface area contributed by atoms with Crippen LogP contribution in [-0.2, 0) is 0 Å². The van der Waals surface area contributed by atoms with E-state index in [0.717, 1.165) is 32.9 Å². The zero-order valence-corrected chi connectivity index (χ0v) is 16.8. The van der Waals surface area contributed by atoms with Gasteiger partial charge in [0.25, 0.3) is 0 Å². The Balaban J connectivity index is 1.61. The van der Waals surface area contributed by atoms with Crippen LogP contribution in [-0.4, -0.2) is 10.7 Å². The van der Waals surface area contributed by atoms with Gasteiger partial charge in [-0.05, 0) is 41.8 Å². The van der Waals surface area contributed by atoms with Gasteiger partial charge >= 0.3 is 0 Å². The Hall–Kier alpha value is -1.82. The van der Waals surface area contributed by atoms with Gasteiger partial charge in [-0.25, -0.2) is 5.01 Å². The molecule has 0 saturated heterocycles. The predicted molar refractivity (Wildman–Crippen MR) is 109 cm³/mol. The topological polar surface area (TPSA) is 24.8 Å². The zero-order valence-electron chi connectivity index (χ0n) is 13.6. The Morgan fingerprint density at radius 3 is 2.77 bits per heavy atom. The summed E-state index contributed by atoms with van der Waals surface area (Å²) < 4.78 is 7.40. The van der Waals surface area contributed by atoms with Crippen LogP contribution in [0.3, 0.4) is 0 Å². The van der Waals surface area contributed by atoms with E-state index in [9.17, 15) is 0 Å². The number of halogens is 2. The Labute approximate surface area is 169 Å². The highest BCUT2D eigenvalue weighted by atomic mass is 79.9. The van der Waals surface area contributed by atoms with Crippen molar-refractivity contribution in [3.63, 3.8) is 0 Å². The molecular weight excluding hydrogens is 432 g/mol. The lowest BCUT2D eigenvalue weighted by Crippen LogP contribution is -2.33. The highest BCUT2D eigenvalue weighted by molar-refractivity contribution is 9.10. The Bertz CT molecular complexity index is 988. The second-order valence-corrected chi connectivity index (χ2v) is 8.63. The molecule has 2 aliphatic rings. The van der Waals surface area contributed by atoms with Gasteiger partial charge in [0.05, 0.1) is 16.6 Å². The van der Waals surface area contributed by atoms with Crippen LogP contribution < -0.4 is 4.74 Å². The van der Waals surface area contributed by atoms with Gasteiger partial charge < -0.3 is 4.74 Å². The lowest BCUT2D eigenvalue weighted by Gasteiger charge is -2.38. The third-order valence-corrected chi connectivity index (χ3v) is 6.38. The van der Waals surface area contributed by atoms with E-state index in [1.165, 1.54) is 10.4 Å². The average Bonchev–Trinajstić information content (AvgIpc) is 3.32. The minimum atomic E-state index is -0.261. The van der Waals surface area contributed by atoms with Crippen molar-refractivity contribution in [3.05, 3.63) is 85.5 Å². The van der Waals surface area contributed by atoms with Crippen molar-refractivity contribution < 1.29 is 4.74 Å². The van der Waals surface area contributed by atoms with Crippen molar-refractivity contribution in [3.8, 4) is 5.75 Å². The SMILES string of the molecule is Clc1ccc([C@@H]2Oc3ccc(Br)cc3[C@@H]3CC(c4cccs4)=NN32)cc1. The third kappa shape index (κ3) is 2.75. The first kappa shape index (κ1) is 16.4. The second-order valence-electron chi connectivity index (χ2n) is 6.33. The highest BCUT2D eigenvalue weighted by Crippen LogP contribution is 2.48. The number of hydrazone groups is 1. The summed E-state index contributed by atoms with van der Waals surface area (Å²) in [5, 5.41) is 9.85. The molecule has 0 bridgehead atoms. The van der Waals surface area contributed by atoms with Gasteiger partial charge in [0.2, 0.25) is 6.23 Å². The molecule has 0 radical (unpaired) electrons. The minimum Gasteiger partial charge on any atom is -0.464 e. The summed E-state index contributed by atoms with van der Waals surface area (Å²) >= 11 is 11.4. The molecule has 1 aromatic heterocycles. The van der Waals surface area contributed by atoms with Gasteiger partial charge in [0, 0.05) is 27.0 Å². The maximum atomic E-state index is 6.35. The molecule has 0 spiro atoms. The maximum Gasteiger partial charge on any atom is 0.213 e. The first-order valence-corrected chi connectivity index (χ1v) is 10.4. The lowest BCUT2D eigenvalue weighted by atomic mass is 9.98. The van der Waals surface area contributed by atoms with Crippen molar-refractivity contribution in [2.75, 3.05) is 0 Å². The highest BCUT2D eigenvalue weighted by Gasteiger charge is 2.41. The second kappa shape index (κ2) is 6.41. The Morgan fingerprint density at radius 2 is 2.00 bits per heavy atom. The number of hydrogen-bond acceptors (Lipinski definition) is 4. The van der Waals surface area contributed by atoms with Crippen molar-refractivity contribution in [1.82, 2.24) is 5.01 Å². The number of fused-ring (bicyclic) bond motifs is 3. The van der Waals surface area contributed by atoms with Crippen LogP contribution in [0.25, 0.3) is 0 Å². The number of ether oxygens (including phenoxy) is 1. The van der Waals surface area contributed by atoms with E-state index in [2.05, 4.69) is 44.5 Å². The van der Waals surface area contributed by atoms with Crippen LogP contribution >= 0.6 is 38.9 Å². The first-order valence-electron chi connectivity index (χ1n) is 8.30. The number of rotatable bonds is 2. The zero-order chi connectivity index (χ0) is 17.7. The summed E-state index contributed by atoms with van der Waals surface area (Å²) in [6, 6.07) is 18.3. The molecule has 3 nitrogen and oxygen atoms in total. The fourth-order valence-corrected chi connectivity index (χ4v) is 4.72. The molecule has 0 saturated carbocycles. The molecule has 2 atom stereocenters. The van der Waals surface area contributed by atoms with Gasteiger partial charge in [-0.2, -0.15) is 5.10 Å². The van der Waals surface area contributed by atoms with Crippen LogP contribution in [0.15, 0.2) is 69.6 Å². The van der Waals surface area contributed by atoms with Gasteiger partial charge in [-0.1, -0.05) is 45.7 Å². The van der Waals surface area contributed by atoms with Crippen LogP contribution in [0.1, 0.15) is 34.7 Å². The summed E-state index contributed by atoms with van der Waals surface area (Å²) in [4.78, 5) is 1.21. The fourth-order valence-electron chi connectivity index (χ4n) is 3.50. The monoisotopic (exact) mass is 444 g/mol. The number of nitrogens with zero attached hydrogens (tertiary/aromatic N) is 2. The Kier molecular flexibility index (Phi) is 4.03. The minimum absolute atomic E-state index is 0.161. The van der Waals surface area contributed by atoms with E-state index in [4.69, 9.17) is 21.4 Å². The van der Waals surface area contributed by atoms with E-state index in [1.54, 1.807) is 11.3 Å². The molecule has 6 heteroatoms. The molecule has 0 fully saturated rings. The van der Waals surface area contributed by atoms with Crippen LogP contribution in [0.5, 0.6) is 5.75 Å². The van der Waals surface area contributed by atoms with Crippen LogP contribution in [0.2, 0.25) is 5.02 Å². The van der Waals surface area contributed by atoms with E-state index < -0.39 is 0 Å². The molecular formula is C20H14BrClN2OS. The van der Waals surface area contributed by atoms with Crippen molar-refractivity contribution in [1.29, 1.82) is 0 Å². The standard InChI is InChI=1S/C20H14BrClN2OS/c21-13-5-8-18-15(10-13)17-11-16(19-2-1-9-26-19)23-24(17)20(25-18)12-3-6-14(22)7-4-12/h1-10,17,20H,11H2/t17-,20-/m0/s1. The largest absolute Gasteiger partial charge is 0.464 e. The van der Waals surface area contributed by atoms with E-state index in [1.807, 2.05) is 36.4 Å². The summed E-state index contributed by atoms with van der Waals surface area (Å²) in [6.07, 6.45) is 0.612. The smallest absolute Gasteiger partial charge is 0.213 e. The molecule has 0 unspecified atom stereocenters. The third-order valence-electron chi connectivity index (χ3n) is 4.71. The molecule has 3 aromatic rings. The average molecular weight is 446 g/mol. The predicted octanol–water partition coefficient (Wildman–Crippen LogP) is 6.41. The van der Waals surface area contributed by atoms with Crippen molar-refractivity contribution in [2.45, 2.75) is 18.7 Å². The molecule has 26 heavy (non-hydrogen) atoms. The van der Waals surface area contributed by atoms with Crippen molar-refractivity contribution in [2.24, 2.45) is 5.10 Å². The molecule has 2 aromatic carbocycles. The number of thiophene rings is 1. The van der Waals surface area contributed by atoms with Crippen LogP contribution in [0.4, 0.5) is 0 Å². The fraction of sp³-hybridized carbons (Fsp3) is 0.150. The first-order chi connectivity index (χ1) is 12.7. The summed E-state index contributed by atoms with van der Waals surface area (Å²) in [5.41, 5.74) is 3.32. The van der Waals surface area contributed by atoms with Gasteiger partial charge in [0.15, 0.2) is 0 Å². The van der Waals surface area contributed by atoms with Crippen LogP contribution in [0, 0.1) is 0 Å². The van der Waals surface area contributed by atoms with Gasteiger partial charge in [0.1, 0.15) is 5.75 Å². The molecule has 130 valence electrons. The van der Waals surface area contributed by atoms with Gasteiger partial charge in [-0.3, -0.25) is 0 Å². The molecule has 3 heterocycles. The number of benzene rings is 2. The van der Waals surface area contributed by atoms with E-state index in [-0.39, 0.29) is 12.3 Å². The van der Waals surface area contributed by atoms with Gasteiger partial charge in [-0.15, -0.1) is 11.3 Å². The molecule has 5 rings (SSSR count). The maximum absolute atomic E-state index is 6.35. The Morgan fingerprint density at radius 1 is 1.15 bits per heavy atom. The van der Waals surface area contributed by atoms with E-state index in [0.29, 0.717) is 0 Å². The summed E-state index contributed by atoms with van der Waals surface area (Å²) in [5.74, 6) is 0.914. The molecule has 2 aliphatic heterocycles. The summed E-state index contributed by atoms with van der Waals surface area (Å²) in [6.45, 7) is 0. The normalized spacial score (nSPS) is 21.0. The quantitative estimate of drug-likeness (QED) is 0.455. The number of hydrogen-bond donors (Lipinski definition) is 0. The molecule has 0 amide bonds. The molecule has 0 aliphatic carbocycles. The molecule has 0 N–H and O–H groups in total.